The smallest absolute Gasteiger partial charge is 0.407 e. The molecule has 1 aliphatic heterocycles. The van der Waals surface area contributed by atoms with Crippen LogP contribution in [0.4, 0.5) is 4.79 Å². The van der Waals surface area contributed by atoms with Crippen molar-refractivity contribution >= 4 is 29.8 Å². The highest BCUT2D eigenvalue weighted by molar-refractivity contribution is 5.94. The topological polar surface area (TPSA) is 223 Å². The molecule has 1 aromatic carbocycles. The first kappa shape index (κ1) is 46.0. The molecule has 2 unspecified atom stereocenters. The lowest BCUT2D eigenvalue weighted by atomic mass is 9.44. The molecule has 2 saturated carbocycles. The van der Waals surface area contributed by atoms with E-state index in [-0.39, 0.29) is 36.5 Å². The molecule has 16 nitrogen and oxygen atoms in total. The SMILES string of the molecule is COc1ccc(C(=O)OC2C3[C@](C)(C(=O)[C@H](OC)C4=C(C)[C@@H](OC(=O)[C@H](O)[C@H](CC(C)C)NC(=O)OC(C)(C)C)C[C@]2(O)C4(C)C)[C@@H](O)C[C@H]2OC[C@@]32OC(C)=O)cc1. The van der Waals surface area contributed by atoms with Gasteiger partial charge in [0.15, 0.2) is 17.5 Å². The van der Waals surface area contributed by atoms with E-state index in [0.29, 0.717) is 11.3 Å². The van der Waals surface area contributed by atoms with E-state index in [1.807, 2.05) is 13.8 Å². The van der Waals surface area contributed by atoms with Crippen molar-refractivity contribution in [3.63, 3.8) is 0 Å². The number of ether oxygens (including phenoxy) is 7. The van der Waals surface area contributed by atoms with Crippen molar-refractivity contribution in [1.82, 2.24) is 5.32 Å². The molecule has 0 aromatic heterocycles. The Labute approximate surface area is 345 Å². The molecule has 328 valence electrons. The van der Waals surface area contributed by atoms with Gasteiger partial charge in [-0.2, -0.15) is 0 Å². The lowest BCUT2D eigenvalue weighted by Crippen LogP contribution is -2.81. The molecule has 0 spiro atoms. The summed E-state index contributed by atoms with van der Waals surface area (Å²) in [4.78, 5) is 69.4. The lowest BCUT2D eigenvalue weighted by Gasteiger charge is -2.67. The summed E-state index contributed by atoms with van der Waals surface area (Å²) >= 11 is 0. The molecule has 4 aliphatic rings. The van der Waals surface area contributed by atoms with Crippen molar-refractivity contribution in [2.24, 2.45) is 22.7 Å². The minimum atomic E-state index is -2.28. The van der Waals surface area contributed by atoms with Crippen LogP contribution in [0.3, 0.4) is 0 Å². The van der Waals surface area contributed by atoms with Crippen molar-refractivity contribution in [2.45, 2.75) is 148 Å². The first-order valence-corrected chi connectivity index (χ1v) is 20.0. The molecule has 1 aromatic rings. The van der Waals surface area contributed by atoms with E-state index >= 15 is 4.79 Å². The van der Waals surface area contributed by atoms with E-state index in [2.05, 4.69) is 5.32 Å². The number of alkyl carbamates (subject to hydrolysis) is 1. The van der Waals surface area contributed by atoms with Crippen LogP contribution in [-0.4, -0.2) is 125 Å². The monoisotopic (exact) mass is 831 g/mol. The highest BCUT2D eigenvalue weighted by atomic mass is 16.6. The van der Waals surface area contributed by atoms with Crippen molar-refractivity contribution in [2.75, 3.05) is 20.8 Å². The fourth-order valence-electron chi connectivity index (χ4n) is 9.72. The Morgan fingerprint density at radius 3 is 2.17 bits per heavy atom. The second-order valence-electron chi connectivity index (χ2n) is 18.5. The van der Waals surface area contributed by atoms with E-state index in [1.165, 1.54) is 40.2 Å². The first-order chi connectivity index (χ1) is 27.3. The summed E-state index contributed by atoms with van der Waals surface area (Å²) in [5.74, 6) is -4.56. The standard InChI is InChI=1S/C43H61NO15/c1-21(2)17-26(44-38(51)59-39(5,6)7)31(47)37(50)56-27-19-43(52)35(57-36(49)24-13-15-25(53-11)16-14-24)33-41(10,28(46)18-29-42(33,20-55-29)58-23(4)45)34(48)32(54-12)30(22(27)3)40(43,8)9/h13-16,21,26-29,31-33,35,46-47,52H,17-20H2,1-12H3,(H,44,51)/t26-,27-,28-,29+,31+,32+,33?,35?,41+,42-,43+/m0/s1. The summed E-state index contributed by atoms with van der Waals surface area (Å²) < 4.78 is 41.0. The molecule has 11 atom stereocenters. The van der Waals surface area contributed by atoms with Crippen LogP contribution >= 0.6 is 0 Å². The number of nitrogens with one attached hydrogen (secondary N) is 1. The van der Waals surface area contributed by atoms with Gasteiger partial charge < -0.3 is 53.8 Å². The third kappa shape index (κ3) is 8.10. The molecule has 3 fully saturated rings. The highest BCUT2D eigenvalue weighted by Gasteiger charge is 2.78. The highest BCUT2D eigenvalue weighted by Crippen LogP contribution is 2.64. The Morgan fingerprint density at radius 2 is 1.66 bits per heavy atom. The first-order valence-electron chi connectivity index (χ1n) is 20.0. The number of amides is 1. The Kier molecular flexibility index (Phi) is 12.8. The maximum Gasteiger partial charge on any atom is 0.407 e. The zero-order chi connectivity index (χ0) is 44.2. The number of aliphatic hydroxyl groups excluding tert-OH is 2. The number of benzene rings is 1. The molecule has 4 N–H and O–H groups in total. The number of esters is 3. The molecule has 59 heavy (non-hydrogen) atoms. The summed E-state index contributed by atoms with van der Waals surface area (Å²) in [6.07, 6.45) is -10.2. The average Bonchev–Trinajstić information content (AvgIpc) is 3.13. The van der Waals surface area contributed by atoms with Crippen LogP contribution in [0.15, 0.2) is 35.4 Å². The number of methoxy groups -OCH3 is 2. The van der Waals surface area contributed by atoms with Crippen LogP contribution in [-0.2, 0) is 42.8 Å². The molecule has 1 saturated heterocycles. The number of aliphatic hydroxyl groups is 3. The Balaban J connectivity index is 1.69. The van der Waals surface area contributed by atoms with Crippen molar-refractivity contribution < 1.29 is 72.5 Å². The van der Waals surface area contributed by atoms with Crippen LogP contribution in [0.2, 0.25) is 0 Å². The molecule has 5 rings (SSSR count). The van der Waals surface area contributed by atoms with Gasteiger partial charge in [0.2, 0.25) is 0 Å². The number of fused-ring (bicyclic) bond motifs is 5. The van der Waals surface area contributed by atoms with E-state index < -0.39 is 112 Å². The van der Waals surface area contributed by atoms with Gasteiger partial charge >= 0.3 is 24.0 Å². The minimum absolute atomic E-state index is 0.0545. The zero-order valence-corrected chi connectivity index (χ0v) is 36.1. The van der Waals surface area contributed by atoms with Crippen LogP contribution in [0.5, 0.6) is 5.75 Å². The number of Topliss-reactive ketones (excluding diaryl/α,β-unsaturated/α-hetero) is 1. The van der Waals surface area contributed by atoms with Gasteiger partial charge in [-0.25, -0.2) is 14.4 Å². The Hall–Kier alpha value is -4.09. The zero-order valence-electron chi connectivity index (χ0n) is 36.1. The van der Waals surface area contributed by atoms with Gasteiger partial charge in [0.05, 0.1) is 42.8 Å². The Bertz CT molecular complexity index is 1830. The fraction of sp³-hybridized carbons (Fsp3) is 0.698. The maximum atomic E-state index is 15.3. The van der Waals surface area contributed by atoms with Gasteiger partial charge in [-0.05, 0) is 82.4 Å². The van der Waals surface area contributed by atoms with Gasteiger partial charge in [-0.15, -0.1) is 0 Å². The molecule has 16 heteroatoms. The number of hydrogen-bond donors (Lipinski definition) is 4. The predicted molar refractivity (Wildman–Crippen MR) is 209 cm³/mol. The molecule has 0 radical (unpaired) electrons. The normalized spacial score (nSPS) is 33.5. The van der Waals surface area contributed by atoms with E-state index in [1.54, 1.807) is 53.7 Å². The molecule has 1 amide bonds. The number of hydrogen-bond acceptors (Lipinski definition) is 15. The minimum Gasteiger partial charge on any atom is -0.497 e. The molecule has 3 aliphatic carbocycles. The van der Waals surface area contributed by atoms with Gasteiger partial charge in [0.1, 0.15) is 41.4 Å². The van der Waals surface area contributed by atoms with Gasteiger partial charge in [0.25, 0.3) is 0 Å². The quantitative estimate of drug-likeness (QED) is 0.142. The Morgan fingerprint density at radius 1 is 1.03 bits per heavy atom. The van der Waals surface area contributed by atoms with Crippen LogP contribution in [0.25, 0.3) is 0 Å². The van der Waals surface area contributed by atoms with Crippen LogP contribution in [0, 0.1) is 22.7 Å². The predicted octanol–water partition coefficient (Wildman–Crippen LogP) is 3.60. The summed E-state index contributed by atoms with van der Waals surface area (Å²) in [6.45, 7) is 16.0. The lowest BCUT2D eigenvalue weighted by molar-refractivity contribution is -0.346. The van der Waals surface area contributed by atoms with Crippen LogP contribution in [0.1, 0.15) is 98.9 Å². The van der Waals surface area contributed by atoms with Crippen molar-refractivity contribution in [3.8, 4) is 5.75 Å². The van der Waals surface area contributed by atoms with E-state index in [0.717, 1.165) is 0 Å². The number of rotatable bonds is 11. The van der Waals surface area contributed by atoms with E-state index in [4.69, 9.17) is 33.2 Å². The third-order valence-corrected chi connectivity index (χ3v) is 12.8. The van der Waals surface area contributed by atoms with Gasteiger partial charge in [-0.3, -0.25) is 9.59 Å². The second kappa shape index (κ2) is 16.4. The summed E-state index contributed by atoms with van der Waals surface area (Å²) in [6, 6.07) is 4.85. The molecular weight excluding hydrogens is 770 g/mol. The summed E-state index contributed by atoms with van der Waals surface area (Å²) in [7, 11) is 2.76. The number of carbonyl (C=O) groups is 5. The number of carbonyl (C=O) groups excluding carboxylic acids is 5. The molecule has 2 bridgehead atoms. The number of ketones is 1. The van der Waals surface area contributed by atoms with Crippen LogP contribution < -0.4 is 10.1 Å². The maximum absolute atomic E-state index is 15.3. The van der Waals surface area contributed by atoms with Crippen molar-refractivity contribution in [3.05, 3.63) is 41.0 Å². The average molecular weight is 832 g/mol. The molecule has 1 heterocycles. The van der Waals surface area contributed by atoms with E-state index in [9.17, 15) is 34.5 Å². The van der Waals surface area contributed by atoms with Crippen molar-refractivity contribution in [1.29, 1.82) is 0 Å². The largest absolute Gasteiger partial charge is 0.497 e. The van der Waals surface area contributed by atoms with Gasteiger partial charge in [0, 0.05) is 32.3 Å². The third-order valence-electron chi connectivity index (χ3n) is 12.8. The summed E-state index contributed by atoms with van der Waals surface area (Å²) in [5, 5.41) is 39.6. The molecular formula is C43H61NO15. The summed E-state index contributed by atoms with van der Waals surface area (Å²) in [5.41, 5.74) is -7.67. The fourth-order valence-corrected chi connectivity index (χ4v) is 9.72. The van der Waals surface area contributed by atoms with Gasteiger partial charge in [-0.1, -0.05) is 27.7 Å². The second-order valence-corrected chi connectivity index (χ2v) is 18.5.